The number of hydrogen-bond acceptors (Lipinski definition) is 8. The molecule has 0 aliphatic rings. The molecule has 0 aliphatic heterocycles. The number of rotatable bonds is 13. The number of allylic oxidation sites excluding steroid dienone is 1. The number of aromatic nitrogens is 3. The molecule has 196 valence electrons. The second kappa shape index (κ2) is 13.5. The van der Waals surface area contributed by atoms with Crippen molar-refractivity contribution in [2.75, 3.05) is 17.7 Å². The quantitative estimate of drug-likeness (QED) is 0.188. The molecule has 10 heteroatoms. The van der Waals surface area contributed by atoms with Gasteiger partial charge in [-0.25, -0.2) is 4.79 Å². The van der Waals surface area contributed by atoms with E-state index in [0.29, 0.717) is 46.9 Å². The number of hydrogen-bond donors (Lipinski definition) is 1. The molecule has 1 heterocycles. The summed E-state index contributed by atoms with van der Waals surface area (Å²) in [5.74, 6) is 1.31. The van der Waals surface area contributed by atoms with Crippen molar-refractivity contribution in [3.8, 4) is 11.5 Å². The summed E-state index contributed by atoms with van der Waals surface area (Å²) in [5, 5.41) is 11.9. The van der Waals surface area contributed by atoms with Crippen LogP contribution < -0.4 is 14.8 Å². The smallest absolute Gasteiger partial charge is 0.338 e. The molecular weight excluding hydrogens is 492 g/mol. The molecule has 0 atom stereocenters. The van der Waals surface area contributed by atoms with Crippen molar-refractivity contribution in [1.82, 2.24) is 14.8 Å². The van der Waals surface area contributed by atoms with Gasteiger partial charge >= 0.3 is 5.97 Å². The Morgan fingerprint density at radius 1 is 1.14 bits per heavy atom. The van der Waals surface area contributed by atoms with Crippen molar-refractivity contribution in [2.45, 2.75) is 52.1 Å². The Morgan fingerprint density at radius 2 is 1.95 bits per heavy atom. The van der Waals surface area contributed by atoms with Crippen molar-refractivity contribution in [2.24, 2.45) is 0 Å². The van der Waals surface area contributed by atoms with Crippen LogP contribution in [0, 0.1) is 6.92 Å². The van der Waals surface area contributed by atoms with Crippen LogP contribution >= 0.6 is 11.8 Å². The average Bonchev–Trinajstić information content (AvgIpc) is 3.24. The lowest BCUT2D eigenvalue weighted by Gasteiger charge is -2.13. The minimum absolute atomic E-state index is 0.100. The maximum absolute atomic E-state index is 12.6. The largest absolute Gasteiger partial charge is 0.490 e. The van der Waals surface area contributed by atoms with Crippen LogP contribution in [0.3, 0.4) is 0 Å². The molecule has 0 unspecified atom stereocenters. The molecule has 3 aromatic rings. The van der Waals surface area contributed by atoms with Crippen LogP contribution in [0.1, 0.15) is 42.5 Å². The third-order valence-corrected chi connectivity index (χ3v) is 5.88. The average molecular weight is 525 g/mol. The zero-order valence-corrected chi connectivity index (χ0v) is 22.3. The van der Waals surface area contributed by atoms with Gasteiger partial charge in [0.15, 0.2) is 22.5 Å². The molecule has 3 rings (SSSR count). The number of benzene rings is 2. The molecule has 9 nitrogen and oxygen atoms in total. The third-order valence-electron chi connectivity index (χ3n) is 4.92. The SMILES string of the molecule is C=CCn1c(COc2ccc(C)cc2OCC)nnc1SCC(=O)Nc1cccc(C(=O)OC(C)C)c1. The van der Waals surface area contributed by atoms with Crippen molar-refractivity contribution in [1.29, 1.82) is 0 Å². The van der Waals surface area contributed by atoms with E-state index in [4.69, 9.17) is 14.2 Å². The van der Waals surface area contributed by atoms with Crippen molar-refractivity contribution in [3.05, 3.63) is 72.1 Å². The second-order valence-corrected chi connectivity index (χ2v) is 9.28. The zero-order chi connectivity index (χ0) is 26.8. The molecule has 0 saturated carbocycles. The standard InChI is InChI=1S/C27H32N4O5S/c1-6-13-31-24(16-35-22-12-11-19(5)14-23(22)34-7-2)29-30-27(31)37-17-25(32)28-21-10-8-9-20(15-21)26(33)36-18(3)4/h6,8-12,14-15,18H,1,7,13,16-17H2,2-5H3,(H,28,32). The van der Waals surface area contributed by atoms with Crippen LogP contribution in [0.25, 0.3) is 0 Å². The van der Waals surface area contributed by atoms with Crippen LogP contribution in [0.4, 0.5) is 5.69 Å². The summed E-state index contributed by atoms with van der Waals surface area (Å²) in [6.07, 6.45) is 1.50. The van der Waals surface area contributed by atoms with Crippen molar-refractivity contribution in [3.63, 3.8) is 0 Å². The van der Waals surface area contributed by atoms with Gasteiger partial charge in [0, 0.05) is 12.2 Å². The van der Waals surface area contributed by atoms with Gasteiger partial charge in [0.25, 0.3) is 0 Å². The first-order chi connectivity index (χ1) is 17.8. The van der Waals surface area contributed by atoms with Crippen LogP contribution in [-0.4, -0.2) is 45.1 Å². The van der Waals surface area contributed by atoms with Crippen LogP contribution in [-0.2, 0) is 22.7 Å². The van der Waals surface area contributed by atoms with E-state index in [0.717, 1.165) is 5.56 Å². The van der Waals surface area contributed by atoms with E-state index in [2.05, 4.69) is 22.1 Å². The van der Waals surface area contributed by atoms with Gasteiger partial charge in [-0.1, -0.05) is 30.0 Å². The summed E-state index contributed by atoms with van der Waals surface area (Å²) in [5.41, 5.74) is 1.95. The molecule has 0 aliphatic carbocycles. The first kappa shape index (κ1) is 27.8. The Hall–Kier alpha value is -3.79. The van der Waals surface area contributed by atoms with E-state index in [1.54, 1.807) is 44.2 Å². The first-order valence-electron chi connectivity index (χ1n) is 11.9. The summed E-state index contributed by atoms with van der Waals surface area (Å²) >= 11 is 1.25. The molecule has 0 fully saturated rings. The van der Waals surface area contributed by atoms with Crippen LogP contribution in [0.5, 0.6) is 11.5 Å². The predicted octanol–water partition coefficient (Wildman–Crippen LogP) is 5.05. The molecule has 1 amide bonds. The maximum atomic E-state index is 12.6. The highest BCUT2D eigenvalue weighted by molar-refractivity contribution is 7.99. The van der Waals surface area contributed by atoms with Gasteiger partial charge in [0.2, 0.25) is 5.91 Å². The molecular formula is C27H32N4O5S. The summed E-state index contributed by atoms with van der Waals surface area (Å²) in [6, 6.07) is 12.4. The highest BCUT2D eigenvalue weighted by Crippen LogP contribution is 2.29. The van der Waals surface area contributed by atoms with Gasteiger partial charge in [0.1, 0.15) is 6.61 Å². The molecule has 37 heavy (non-hydrogen) atoms. The molecule has 0 bridgehead atoms. The van der Waals surface area contributed by atoms with Crippen molar-refractivity contribution >= 4 is 29.3 Å². The lowest BCUT2D eigenvalue weighted by Crippen LogP contribution is -2.16. The number of nitrogens with zero attached hydrogens (tertiary/aromatic N) is 3. The van der Waals surface area contributed by atoms with Gasteiger partial charge in [0.05, 0.1) is 24.0 Å². The molecule has 1 aromatic heterocycles. The Labute approximate surface area is 221 Å². The van der Waals surface area contributed by atoms with Crippen LogP contribution in [0.15, 0.2) is 60.3 Å². The maximum Gasteiger partial charge on any atom is 0.338 e. The van der Waals surface area contributed by atoms with E-state index in [9.17, 15) is 9.59 Å². The molecule has 0 saturated heterocycles. The number of thioether (sulfide) groups is 1. The monoisotopic (exact) mass is 524 g/mol. The molecule has 0 radical (unpaired) electrons. The van der Waals surface area contributed by atoms with Crippen LogP contribution in [0.2, 0.25) is 0 Å². The Balaban J connectivity index is 1.63. The Morgan fingerprint density at radius 3 is 2.68 bits per heavy atom. The van der Waals surface area contributed by atoms with Gasteiger partial charge in [-0.3, -0.25) is 9.36 Å². The van der Waals surface area contributed by atoms with Crippen molar-refractivity contribution < 1.29 is 23.8 Å². The number of esters is 1. The topological polar surface area (TPSA) is 105 Å². The van der Waals surface area contributed by atoms with Gasteiger partial charge in [-0.2, -0.15) is 0 Å². The highest BCUT2D eigenvalue weighted by atomic mass is 32.2. The fourth-order valence-corrected chi connectivity index (χ4v) is 4.09. The Kier molecular flexibility index (Phi) is 10.1. The van der Waals surface area contributed by atoms with E-state index in [1.807, 2.05) is 36.6 Å². The number of ether oxygens (including phenoxy) is 3. The Bertz CT molecular complexity index is 1240. The minimum atomic E-state index is -0.438. The lowest BCUT2D eigenvalue weighted by molar-refractivity contribution is -0.113. The van der Waals surface area contributed by atoms with Gasteiger partial charge in [-0.05, 0) is 63.6 Å². The summed E-state index contributed by atoms with van der Waals surface area (Å²) < 4.78 is 18.7. The number of carbonyl (C=O) groups is 2. The zero-order valence-electron chi connectivity index (χ0n) is 21.5. The number of carbonyl (C=O) groups excluding carboxylic acids is 2. The summed E-state index contributed by atoms with van der Waals surface area (Å²) in [4.78, 5) is 24.7. The fraction of sp³-hybridized carbons (Fsp3) is 0.333. The van der Waals surface area contributed by atoms with E-state index >= 15 is 0 Å². The van der Waals surface area contributed by atoms with Gasteiger partial charge < -0.3 is 19.5 Å². The normalized spacial score (nSPS) is 10.7. The number of amides is 1. The highest BCUT2D eigenvalue weighted by Gasteiger charge is 2.16. The number of aryl methyl sites for hydroxylation is 1. The number of anilines is 1. The molecule has 0 spiro atoms. The number of nitrogens with one attached hydrogen (secondary N) is 1. The van der Waals surface area contributed by atoms with E-state index in [1.165, 1.54) is 11.8 Å². The fourth-order valence-electron chi connectivity index (χ4n) is 3.32. The second-order valence-electron chi connectivity index (χ2n) is 8.34. The van der Waals surface area contributed by atoms with E-state index in [-0.39, 0.29) is 24.4 Å². The minimum Gasteiger partial charge on any atom is -0.490 e. The molecule has 1 N–H and O–H groups in total. The first-order valence-corrected chi connectivity index (χ1v) is 12.9. The van der Waals surface area contributed by atoms with E-state index < -0.39 is 5.97 Å². The summed E-state index contributed by atoms with van der Waals surface area (Å²) in [6.45, 7) is 12.5. The predicted molar refractivity (Wildman–Crippen MR) is 143 cm³/mol. The molecule has 2 aromatic carbocycles. The summed E-state index contributed by atoms with van der Waals surface area (Å²) in [7, 11) is 0. The lowest BCUT2D eigenvalue weighted by atomic mass is 10.2. The third kappa shape index (κ3) is 8.11. The van der Waals surface area contributed by atoms with Gasteiger partial charge in [-0.15, -0.1) is 16.8 Å².